The van der Waals surface area contributed by atoms with Gasteiger partial charge in [0.25, 0.3) is 5.91 Å². The number of ether oxygens (including phenoxy) is 1. The third kappa shape index (κ3) is 6.34. The lowest BCUT2D eigenvalue weighted by Crippen LogP contribution is -2.48. The number of aliphatic hydroxyl groups is 1. The highest BCUT2D eigenvalue weighted by Gasteiger charge is 2.30. The van der Waals surface area contributed by atoms with Crippen molar-refractivity contribution in [3.8, 4) is 23.3 Å². The molecule has 3 heterocycles. The van der Waals surface area contributed by atoms with Crippen molar-refractivity contribution in [2.45, 2.75) is 44.9 Å². The fourth-order valence-electron chi connectivity index (χ4n) is 5.42. The number of nitrogens with two attached hydrogens (primary N) is 1. The zero-order valence-corrected chi connectivity index (χ0v) is 25.1. The monoisotopic (exact) mass is 596 g/mol. The van der Waals surface area contributed by atoms with E-state index < -0.39 is 17.1 Å². The van der Waals surface area contributed by atoms with Crippen LogP contribution < -0.4 is 16.2 Å². The molecule has 1 aliphatic rings. The van der Waals surface area contributed by atoms with Crippen LogP contribution in [-0.2, 0) is 11.3 Å². The van der Waals surface area contributed by atoms with Crippen molar-refractivity contribution in [3.05, 3.63) is 83.1 Å². The molecule has 44 heavy (non-hydrogen) atoms. The summed E-state index contributed by atoms with van der Waals surface area (Å²) in [7, 11) is 1.59. The lowest BCUT2D eigenvalue weighted by atomic mass is 9.95. The fourth-order valence-corrected chi connectivity index (χ4v) is 5.42. The maximum atomic E-state index is 13.8. The van der Waals surface area contributed by atoms with Crippen LogP contribution in [0.4, 0.5) is 5.82 Å². The highest BCUT2D eigenvalue weighted by Crippen LogP contribution is 2.26. The number of hydrogen-bond acceptors (Lipinski definition) is 9. The van der Waals surface area contributed by atoms with Crippen molar-refractivity contribution in [1.29, 1.82) is 5.26 Å². The number of fused-ring (bicyclic) bond motifs is 1. The van der Waals surface area contributed by atoms with Crippen molar-refractivity contribution >= 4 is 22.9 Å². The Hall–Kier alpha value is -4.99. The number of carbonyl (C=O) groups is 1. The van der Waals surface area contributed by atoms with Crippen LogP contribution in [0.3, 0.4) is 0 Å². The number of rotatable bonds is 9. The normalized spacial score (nSPS) is 14.8. The molecule has 0 aliphatic carbocycles. The summed E-state index contributed by atoms with van der Waals surface area (Å²) in [5.41, 5.74) is 6.53. The number of likely N-dealkylation sites (N-methyl/N-ethyl adjacent to an activating group) is 1. The predicted octanol–water partition coefficient (Wildman–Crippen LogP) is 3.10. The second kappa shape index (κ2) is 12.7. The Labute approximate surface area is 255 Å². The Morgan fingerprint density at radius 3 is 2.45 bits per heavy atom. The van der Waals surface area contributed by atoms with Crippen LogP contribution in [0.5, 0.6) is 11.5 Å². The third-order valence-electron chi connectivity index (χ3n) is 7.94. The second-order valence-corrected chi connectivity index (χ2v) is 11.4. The van der Waals surface area contributed by atoms with E-state index in [2.05, 4.69) is 20.9 Å². The summed E-state index contributed by atoms with van der Waals surface area (Å²) in [6, 6.07) is 18.4. The predicted molar refractivity (Wildman–Crippen MR) is 166 cm³/mol. The number of anilines is 1. The number of nitrogens with zero attached hydrogens (tertiary/aromatic N) is 7. The molecular weight excluding hydrogens is 560 g/mol. The van der Waals surface area contributed by atoms with Gasteiger partial charge in [0, 0.05) is 38.8 Å². The first kappa shape index (κ1) is 30.5. The second-order valence-electron chi connectivity index (χ2n) is 11.4. The van der Waals surface area contributed by atoms with Gasteiger partial charge in [-0.05, 0) is 69.2 Å². The van der Waals surface area contributed by atoms with Gasteiger partial charge in [0.2, 0.25) is 0 Å². The first-order valence-electron chi connectivity index (χ1n) is 14.5. The fraction of sp³-hybridized carbons (Fsp3) is 0.344. The summed E-state index contributed by atoms with van der Waals surface area (Å²) in [5.74, 6) is 0.984. The topological polar surface area (TPSA) is 156 Å². The summed E-state index contributed by atoms with van der Waals surface area (Å²) in [6.07, 6.45) is 3.95. The first-order valence-corrected chi connectivity index (χ1v) is 14.5. The first-order chi connectivity index (χ1) is 21.1. The lowest BCUT2D eigenvalue weighted by Gasteiger charge is -2.40. The molecule has 2 aromatic heterocycles. The van der Waals surface area contributed by atoms with Crippen LogP contribution in [0.1, 0.15) is 26.7 Å². The smallest absolute Gasteiger partial charge is 0.335 e. The average Bonchev–Trinajstić information content (AvgIpc) is 3.31. The molecule has 228 valence electrons. The van der Waals surface area contributed by atoms with Crippen LogP contribution in [0.25, 0.3) is 16.9 Å². The SMILES string of the molecule is CN(CCn1c(=O)n(-c2ccc(Oc3ccccc3)cc2)c2c(N)ncnc21)C(=O)C(C#N)=CC(C)(C)N1CCC(O)CC1. The molecule has 1 aliphatic heterocycles. The largest absolute Gasteiger partial charge is 0.457 e. The summed E-state index contributed by atoms with van der Waals surface area (Å²) < 4.78 is 8.77. The van der Waals surface area contributed by atoms with Crippen molar-refractivity contribution in [2.24, 2.45) is 0 Å². The molecule has 0 bridgehead atoms. The number of carbonyl (C=O) groups excluding carboxylic acids is 1. The minimum atomic E-state index is -0.553. The Bertz CT molecular complexity index is 1760. The quantitative estimate of drug-likeness (QED) is 0.219. The molecule has 0 spiro atoms. The van der Waals surface area contributed by atoms with Gasteiger partial charge in [-0.3, -0.25) is 18.8 Å². The Morgan fingerprint density at radius 1 is 1.14 bits per heavy atom. The number of nitriles is 1. The number of para-hydroxylation sites is 1. The minimum Gasteiger partial charge on any atom is -0.457 e. The van der Waals surface area contributed by atoms with E-state index in [1.54, 1.807) is 37.4 Å². The molecule has 0 radical (unpaired) electrons. The number of hydrogen-bond donors (Lipinski definition) is 2. The number of aromatic nitrogens is 4. The van der Waals surface area contributed by atoms with E-state index in [9.17, 15) is 20.0 Å². The van der Waals surface area contributed by atoms with Gasteiger partial charge in [-0.15, -0.1) is 0 Å². The van der Waals surface area contributed by atoms with Crippen molar-refractivity contribution < 1.29 is 14.6 Å². The van der Waals surface area contributed by atoms with E-state index in [1.807, 2.05) is 44.2 Å². The molecule has 2 aromatic carbocycles. The van der Waals surface area contributed by atoms with Crippen molar-refractivity contribution in [1.82, 2.24) is 28.9 Å². The maximum absolute atomic E-state index is 13.8. The molecule has 0 atom stereocenters. The van der Waals surface area contributed by atoms with Gasteiger partial charge in [-0.1, -0.05) is 18.2 Å². The standard InChI is InChI=1S/C32H36N8O4/c1-32(2,38-15-13-24(41)14-16-38)19-22(20-33)30(42)37(3)17-18-39-29-27(28(34)35-21-36-29)40(31(39)43)23-9-11-26(12-10-23)44-25-7-5-4-6-8-25/h4-12,19,21,24,41H,13-18H2,1-3H3,(H2,34,35,36). The van der Waals surface area contributed by atoms with Crippen LogP contribution in [0.2, 0.25) is 0 Å². The van der Waals surface area contributed by atoms with Gasteiger partial charge in [0.1, 0.15) is 35.0 Å². The van der Waals surface area contributed by atoms with E-state index in [-0.39, 0.29) is 30.6 Å². The molecule has 0 saturated carbocycles. The molecule has 3 N–H and O–H groups in total. The molecule has 1 saturated heterocycles. The molecule has 4 aromatic rings. The molecule has 5 rings (SSSR count). The van der Waals surface area contributed by atoms with Crippen LogP contribution in [-0.4, -0.2) is 78.2 Å². The van der Waals surface area contributed by atoms with Crippen LogP contribution >= 0.6 is 0 Å². The minimum absolute atomic E-state index is 0.0165. The van der Waals surface area contributed by atoms with E-state index in [0.29, 0.717) is 54.3 Å². The summed E-state index contributed by atoms with van der Waals surface area (Å²) in [6.45, 7) is 5.51. The summed E-state index contributed by atoms with van der Waals surface area (Å²) in [4.78, 5) is 39.1. The van der Waals surface area contributed by atoms with Gasteiger partial charge < -0.3 is 20.5 Å². The number of benzene rings is 2. The number of aliphatic hydroxyl groups excluding tert-OH is 1. The number of piperidine rings is 1. The molecule has 0 unspecified atom stereocenters. The summed E-state index contributed by atoms with van der Waals surface area (Å²) >= 11 is 0. The third-order valence-corrected chi connectivity index (χ3v) is 7.94. The van der Waals surface area contributed by atoms with E-state index in [0.717, 1.165) is 0 Å². The van der Waals surface area contributed by atoms with Gasteiger partial charge >= 0.3 is 5.69 Å². The highest BCUT2D eigenvalue weighted by molar-refractivity contribution is 5.97. The maximum Gasteiger partial charge on any atom is 0.335 e. The van der Waals surface area contributed by atoms with Crippen LogP contribution in [0.15, 0.2) is 77.4 Å². The number of amides is 1. The molecule has 1 fully saturated rings. The van der Waals surface area contributed by atoms with E-state index >= 15 is 0 Å². The van der Waals surface area contributed by atoms with Gasteiger partial charge in [0.15, 0.2) is 11.5 Å². The van der Waals surface area contributed by atoms with Crippen molar-refractivity contribution in [3.63, 3.8) is 0 Å². The Kier molecular flexibility index (Phi) is 8.80. The molecule has 12 heteroatoms. The Morgan fingerprint density at radius 2 is 1.80 bits per heavy atom. The van der Waals surface area contributed by atoms with Gasteiger partial charge in [-0.25, -0.2) is 14.8 Å². The van der Waals surface area contributed by atoms with Gasteiger partial charge in [0.05, 0.1) is 11.8 Å². The number of likely N-dealkylation sites (tertiary alicyclic amines) is 1. The van der Waals surface area contributed by atoms with Crippen molar-refractivity contribution in [2.75, 3.05) is 32.4 Å². The van der Waals surface area contributed by atoms with Crippen LogP contribution in [0, 0.1) is 11.3 Å². The Balaban J connectivity index is 1.36. The van der Waals surface area contributed by atoms with Gasteiger partial charge in [-0.2, -0.15) is 5.26 Å². The zero-order valence-electron chi connectivity index (χ0n) is 25.1. The molecule has 12 nitrogen and oxygen atoms in total. The number of imidazole rings is 1. The van der Waals surface area contributed by atoms with E-state index in [4.69, 9.17) is 10.5 Å². The molecule has 1 amide bonds. The lowest BCUT2D eigenvalue weighted by molar-refractivity contribution is -0.125. The molecular formula is C32H36N8O4. The zero-order chi connectivity index (χ0) is 31.4. The summed E-state index contributed by atoms with van der Waals surface area (Å²) in [5, 5.41) is 19.7. The average molecular weight is 597 g/mol. The number of nitrogen functional groups attached to an aromatic ring is 1. The highest BCUT2D eigenvalue weighted by atomic mass is 16.5. The van der Waals surface area contributed by atoms with E-state index in [1.165, 1.54) is 20.4 Å².